The predicted octanol–water partition coefficient (Wildman–Crippen LogP) is 2.71. The van der Waals surface area contributed by atoms with Crippen LogP contribution in [0.3, 0.4) is 0 Å². The van der Waals surface area contributed by atoms with Gasteiger partial charge in [-0.15, -0.1) is 0 Å². The molecule has 1 aliphatic heterocycles. The van der Waals surface area contributed by atoms with Crippen molar-refractivity contribution in [3.05, 3.63) is 40.9 Å². The Labute approximate surface area is 167 Å². The van der Waals surface area contributed by atoms with Gasteiger partial charge in [-0.1, -0.05) is 17.7 Å². The summed E-state index contributed by atoms with van der Waals surface area (Å²) in [7, 11) is 0. The maximum absolute atomic E-state index is 12.7. The third-order valence-corrected chi connectivity index (χ3v) is 5.34. The quantitative estimate of drug-likeness (QED) is 0.601. The first-order valence-electron chi connectivity index (χ1n) is 9.13. The molecule has 7 nitrogen and oxygen atoms in total. The van der Waals surface area contributed by atoms with E-state index in [0.717, 1.165) is 4.90 Å². The van der Waals surface area contributed by atoms with Crippen molar-refractivity contribution in [2.75, 3.05) is 11.9 Å². The SMILES string of the molecule is CCOC(=O)c1ccc(NC(=O)[C@H](C)N2C(=O)[C@H]3CC=C(Cl)C[C@@H]3C2=O)cc1. The molecule has 0 unspecified atom stereocenters. The first-order chi connectivity index (χ1) is 13.3. The monoisotopic (exact) mass is 404 g/mol. The summed E-state index contributed by atoms with van der Waals surface area (Å²) in [5, 5.41) is 3.24. The normalized spacial score (nSPS) is 22.4. The molecule has 1 fully saturated rings. The number of nitrogens with zero attached hydrogens (tertiary/aromatic N) is 1. The van der Waals surface area contributed by atoms with Gasteiger partial charge in [0, 0.05) is 10.7 Å². The fraction of sp³-hybridized carbons (Fsp3) is 0.400. The van der Waals surface area contributed by atoms with E-state index in [2.05, 4.69) is 5.32 Å². The Morgan fingerprint density at radius 1 is 1.21 bits per heavy atom. The van der Waals surface area contributed by atoms with E-state index in [1.807, 2.05) is 0 Å². The van der Waals surface area contributed by atoms with Crippen molar-refractivity contribution >= 4 is 41.0 Å². The first kappa shape index (κ1) is 20.1. The summed E-state index contributed by atoms with van der Waals surface area (Å²) >= 11 is 6.02. The average molecular weight is 405 g/mol. The summed E-state index contributed by atoms with van der Waals surface area (Å²) in [6.45, 7) is 3.51. The van der Waals surface area contributed by atoms with Gasteiger partial charge in [0.1, 0.15) is 6.04 Å². The predicted molar refractivity (Wildman–Crippen MR) is 102 cm³/mol. The second-order valence-corrected chi connectivity index (χ2v) is 7.30. The largest absolute Gasteiger partial charge is 0.462 e. The molecule has 3 rings (SSSR count). The van der Waals surface area contributed by atoms with Crippen LogP contribution in [-0.2, 0) is 19.1 Å². The Morgan fingerprint density at radius 2 is 1.86 bits per heavy atom. The molecule has 1 N–H and O–H groups in total. The molecule has 0 radical (unpaired) electrons. The van der Waals surface area contributed by atoms with Gasteiger partial charge in [-0.05, 0) is 51.0 Å². The number of allylic oxidation sites excluding steroid dienone is 2. The molecule has 1 aliphatic carbocycles. The van der Waals surface area contributed by atoms with Crippen LogP contribution in [0.1, 0.15) is 37.0 Å². The van der Waals surface area contributed by atoms with Crippen LogP contribution >= 0.6 is 11.6 Å². The summed E-state index contributed by atoms with van der Waals surface area (Å²) in [5.41, 5.74) is 0.817. The lowest BCUT2D eigenvalue weighted by Gasteiger charge is -2.22. The number of rotatable bonds is 5. The number of fused-ring (bicyclic) bond motifs is 1. The smallest absolute Gasteiger partial charge is 0.338 e. The van der Waals surface area contributed by atoms with Gasteiger partial charge in [0.2, 0.25) is 17.7 Å². The van der Waals surface area contributed by atoms with Crippen molar-refractivity contribution in [1.82, 2.24) is 4.90 Å². The lowest BCUT2D eigenvalue weighted by Crippen LogP contribution is -2.46. The molecule has 8 heteroatoms. The number of carbonyl (C=O) groups is 4. The molecule has 0 aromatic heterocycles. The number of anilines is 1. The van der Waals surface area contributed by atoms with Gasteiger partial charge >= 0.3 is 5.97 Å². The summed E-state index contributed by atoms with van der Waals surface area (Å²) < 4.78 is 4.91. The molecule has 1 heterocycles. The number of carbonyl (C=O) groups excluding carboxylic acids is 4. The molecular weight excluding hydrogens is 384 g/mol. The second-order valence-electron chi connectivity index (χ2n) is 6.81. The van der Waals surface area contributed by atoms with Crippen LogP contribution in [0, 0.1) is 11.8 Å². The van der Waals surface area contributed by atoms with E-state index in [4.69, 9.17) is 16.3 Å². The maximum atomic E-state index is 12.7. The van der Waals surface area contributed by atoms with Crippen molar-refractivity contribution in [2.45, 2.75) is 32.7 Å². The maximum Gasteiger partial charge on any atom is 0.338 e. The number of nitrogens with one attached hydrogen (secondary N) is 1. The Kier molecular flexibility index (Phi) is 5.84. The van der Waals surface area contributed by atoms with Gasteiger partial charge in [-0.25, -0.2) is 4.79 Å². The number of benzene rings is 1. The van der Waals surface area contributed by atoms with Crippen LogP contribution in [0.4, 0.5) is 5.69 Å². The van der Waals surface area contributed by atoms with Crippen LogP contribution in [0.5, 0.6) is 0 Å². The third-order valence-electron chi connectivity index (χ3n) is 5.03. The molecule has 0 spiro atoms. The molecule has 3 atom stereocenters. The zero-order valence-corrected chi connectivity index (χ0v) is 16.4. The summed E-state index contributed by atoms with van der Waals surface area (Å²) in [4.78, 5) is 50.6. The fourth-order valence-electron chi connectivity index (χ4n) is 3.50. The van der Waals surface area contributed by atoms with E-state index in [-0.39, 0.29) is 18.4 Å². The van der Waals surface area contributed by atoms with Gasteiger partial charge in [0.25, 0.3) is 0 Å². The van der Waals surface area contributed by atoms with Gasteiger partial charge in [-0.2, -0.15) is 0 Å². The number of hydrogen-bond donors (Lipinski definition) is 1. The van der Waals surface area contributed by atoms with E-state index in [1.165, 1.54) is 19.1 Å². The van der Waals surface area contributed by atoms with Crippen molar-refractivity contribution in [3.63, 3.8) is 0 Å². The van der Waals surface area contributed by atoms with Crippen LogP contribution < -0.4 is 5.32 Å². The number of imide groups is 1. The van der Waals surface area contributed by atoms with Crippen molar-refractivity contribution in [2.24, 2.45) is 11.8 Å². The lowest BCUT2D eigenvalue weighted by atomic mass is 9.85. The number of likely N-dealkylation sites (tertiary alicyclic amines) is 1. The molecule has 1 aromatic carbocycles. The molecule has 1 saturated heterocycles. The molecule has 0 bridgehead atoms. The van der Waals surface area contributed by atoms with Crippen LogP contribution in [0.25, 0.3) is 0 Å². The number of halogens is 1. The van der Waals surface area contributed by atoms with E-state index >= 15 is 0 Å². The highest BCUT2D eigenvalue weighted by Crippen LogP contribution is 2.39. The summed E-state index contributed by atoms with van der Waals surface area (Å²) in [5.74, 6) is -2.57. The minimum Gasteiger partial charge on any atom is -0.462 e. The Morgan fingerprint density at radius 3 is 2.50 bits per heavy atom. The van der Waals surface area contributed by atoms with Gasteiger partial charge in [0.15, 0.2) is 0 Å². The molecule has 3 amide bonds. The van der Waals surface area contributed by atoms with Gasteiger partial charge < -0.3 is 10.1 Å². The van der Waals surface area contributed by atoms with Crippen molar-refractivity contribution < 1.29 is 23.9 Å². The molecule has 28 heavy (non-hydrogen) atoms. The highest BCUT2D eigenvalue weighted by atomic mass is 35.5. The van der Waals surface area contributed by atoms with Gasteiger partial charge in [0.05, 0.1) is 24.0 Å². The first-order valence-corrected chi connectivity index (χ1v) is 9.50. The van der Waals surface area contributed by atoms with E-state index in [0.29, 0.717) is 29.1 Å². The van der Waals surface area contributed by atoms with Crippen molar-refractivity contribution in [1.29, 1.82) is 0 Å². The van der Waals surface area contributed by atoms with Crippen molar-refractivity contribution in [3.8, 4) is 0 Å². The lowest BCUT2D eigenvalue weighted by molar-refractivity contribution is -0.146. The van der Waals surface area contributed by atoms with Gasteiger partial charge in [-0.3, -0.25) is 19.3 Å². The highest BCUT2D eigenvalue weighted by Gasteiger charge is 2.51. The standard InChI is InChI=1S/C20H21ClN2O5/c1-3-28-20(27)12-4-7-14(8-5-12)22-17(24)11(2)23-18(25)15-9-6-13(21)10-16(15)19(23)26/h4-8,11,15-16H,3,9-10H2,1-2H3,(H,22,24)/t11-,15-,16-/m0/s1. The molecule has 2 aliphatic rings. The minimum atomic E-state index is -0.950. The fourth-order valence-corrected chi connectivity index (χ4v) is 3.76. The number of ether oxygens (including phenoxy) is 1. The number of amides is 3. The second kappa shape index (κ2) is 8.14. The molecule has 148 valence electrons. The number of esters is 1. The molecule has 0 saturated carbocycles. The molecule has 1 aromatic rings. The third kappa shape index (κ3) is 3.80. The molecular formula is C20H21ClN2O5. The van der Waals surface area contributed by atoms with Crippen LogP contribution in [0.2, 0.25) is 0 Å². The van der Waals surface area contributed by atoms with E-state index in [1.54, 1.807) is 25.1 Å². The average Bonchev–Trinajstić information content (AvgIpc) is 2.92. The number of hydrogen-bond acceptors (Lipinski definition) is 5. The summed E-state index contributed by atoms with van der Waals surface area (Å²) in [6.07, 6.45) is 2.50. The Balaban J connectivity index is 1.67. The van der Waals surface area contributed by atoms with E-state index in [9.17, 15) is 19.2 Å². The van der Waals surface area contributed by atoms with Crippen LogP contribution in [-0.4, -0.2) is 41.2 Å². The van der Waals surface area contributed by atoms with E-state index < -0.39 is 29.8 Å². The Bertz CT molecular complexity index is 849. The topological polar surface area (TPSA) is 92.8 Å². The zero-order valence-electron chi connectivity index (χ0n) is 15.6. The summed E-state index contributed by atoms with van der Waals surface area (Å²) in [6, 6.07) is 5.25. The highest BCUT2D eigenvalue weighted by molar-refractivity contribution is 6.30. The minimum absolute atomic E-state index is 0.273. The van der Waals surface area contributed by atoms with Crippen LogP contribution in [0.15, 0.2) is 35.4 Å². The zero-order chi connectivity index (χ0) is 20.4. The Hall–Kier alpha value is -2.67.